The second-order valence-corrected chi connectivity index (χ2v) is 4.37. The van der Waals surface area contributed by atoms with Crippen molar-refractivity contribution in [2.24, 2.45) is 0 Å². The van der Waals surface area contributed by atoms with Crippen LogP contribution in [0.15, 0.2) is 36.4 Å². The van der Waals surface area contributed by atoms with Gasteiger partial charge in [-0.2, -0.15) is 0 Å². The molecule has 0 atom stereocenters. The highest BCUT2D eigenvalue weighted by Crippen LogP contribution is 2.13. The second-order valence-electron chi connectivity index (χ2n) is 4.37. The zero-order valence-electron chi connectivity index (χ0n) is 12.1. The number of hydrogen-bond donors (Lipinski definition) is 2. The van der Waals surface area contributed by atoms with Crippen LogP contribution < -0.4 is 15.4 Å². The van der Waals surface area contributed by atoms with Crippen LogP contribution in [0.5, 0.6) is 5.75 Å². The molecule has 2 N–H and O–H groups in total. The van der Waals surface area contributed by atoms with Crippen LogP contribution in [0.2, 0.25) is 0 Å². The van der Waals surface area contributed by atoms with Gasteiger partial charge in [-0.3, -0.25) is 4.79 Å². The first kappa shape index (κ1) is 14.8. The predicted molar refractivity (Wildman–Crippen MR) is 80.4 cm³/mol. The van der Waals surface area contributed by atoms with Gasteiger partial charge in [-0.1, -0.05) is 12.1 Å². The first-order valence-electron chi connectivity index (χ1n) is 6.71. The maximum atomic E-state index is 11.6. The summed E-state index contributed by atoms with van der Waals surface area (Å²) in [6.45, 7) is 3.03. The van der Waals surface area contributed by atoms with Gasteiger partial charge in [-0.05, 0) is 36.8 Å². The average molecular weight is 286 g/mol. The largest absolute Gasteiger partial charge is 0.497 e. The van der Waals surface area contributed by atoms with Gasteiger partial charge in [0.25, 0.3) is 5.91 Å². The number of anilines is 1. The van der Waals surface area contributed by atoms with Crippen LogP contribution in [-0.2, 0) is 6.54 Å². The maximum Gasteiger partial charge on any atom is 0.271 e. The number of nitrogens with one attached hydrogen (secondary N) is 2. The molecular weight excluding hydrogens is 268 g/mol. The predicted octanol–water partition coefficient (Wildman–Crippen LogP) is 1.85. The van der Waals surface area contributed by atoms with Crippen molar-refractivity contribution < 1.29 is 9.53 Å². The Labute approximate surface area is 123 Å². The monoisotopic (exact) mass is 286 g/mol. The Morgan fingerprint density at radius 1 is 1.24 bits per heavy atom. The maximum absolute atomic E-state index is 11.6. The van der Waals surface area contributed by atoms with E-state index in [1.54, 1.807) is 19.2 Å². The van der Waals surface area contributed by atoms with Gasteiger partial charge in [-0.25, -0.2) is 0 Å². The fourth-order valence-corrected chi connectivity index (χ4v) is 1.77. The van der Waals surface area contributed by atoms with Gasteiger partial charge in [0, 0.05) is 13.1 Å². The number of hydrogen-bond acceptors (Lipinski definition) is 5. The normalized spacial score (nSPS) is 10.0. The zero-order valence-corrected chi connectivity index (χ0v) is 12.1. The number of nitrogens with zero attached hydrogens (tertiary/aromatic N) is 2. The number of amides is 1. The van der Waals surface area contributed by atoms with E-state index >= 15 is 0 Å². The molecule has 0 saturated heterocycles. The van der Waals surface area contributed by atoms with Gasteiger partial charge in [0.1, 0.15) is 11.6 Å². The molecule has 0 saturated carbocycles. The molecule has 1 heterocycles. The molecule has 1 amide bonds. The average Bonchev–Trinajstić information content (AvgIpc) is 2.54. The third-order valence-electron chi connectivity index (χ3n) is 2.84. The van der Waals surface area contributed by atoms with Gasteiger partial charge >= 0.3 is 0 Å². The summed E-state index contributed by atoms with van der Waals surface area (Å²) in [5.74, 6) is 1.21. The number of carbonyl (C=O) groups excluding carboxylic acids is 1. The van der Waals surface area contributed by atoms with Crippen LogP contribution in [-0.4, -0.2) is 29.8 Å². The Morgan fingerprint density at radius 2 is 2.10 bits per heavy atom. The van der Waals surface area contributed by atoms with E-state index in [-0.39, 0.29) is 5.91 Å². The van der Waals surface area contributed by atoms with Crippen LogP contribution in [0.1, 0.15) is 23.0 Å². The fourth-order valence-electron chi connectivity index (χ4n) is 1.77. The van der Waals surface area contributed by atoms with Crippen molar-refractivity contribution in [3.63, 3.8) is 0 Å². The molecule has 6 heteroatoms. The molecule has 0 fully saturated rings. The van der Waals surface area contributed by atoms with Crippen molar-refractivity contribution in [2.45, 2.75) is 13.5 Å². The van der Waals surface area contributed by atoms with Gasteiger partial charge in [0.15, 0.2) is 5.69 Å². The molecule has 2 rings (SSSR count). The first-order valence-corrected chi connectivity index (χ1v) is 6.71. The molecular formula is C15H18N4O2. The molecule has 0 unspecified atom stereocenters. The standard InChI is InChI=1S/C15H18N4O2/c1-3-16-15(20)13-7-8-14(19-18-13)17-10-11-5-4-6-12(9-11)21-2/h4-9H,3,10H2,1-2H3,(H,16,20)(H,17,19). The summed E-state index contributed by atoms with van der Waals surface area (Å²) in [6.07, 6.45) is 0. The molecule has 110 valence electrons. The molecule has 0 radical (unpaired) electrons. The van der Waals surface area contributed by atoms with E-state index in [4.69, 9.17) is 4.74 Å². The van der Waals surface area contributed by atoms with Gasteiger partial charge < -0.3 is 15.4 Å². The highest BCUT2D eigenvalue weighted by Gasteiger charge is 2.06. The molecule has 0 aliphatic carbocycles. The molecule has 21 heavy (non-hydrogen) atoms. The van der Waals surface area contributed by atoms with E-state index in [9.17, 15) is 4.79 Å². The number of ether oxygens (including phenoxy) is 1. The summed E-state index contributed by atoms with van der Waals surface area (Å²) >= 11 is 0. The third kappa shape index (κ3) is 4.17. The van der Waals surface area contributed by atoms with Crippen LogP contribution in [0.3, 0.4) is 0 Å². The number of carbonyl (C=O) groups is 1. The molecule has 0 spiro atoms. The number of benzene rings is 1. The lowest BCUT2D eigenvalue weighted by Gasteiger charge is -2.07. The molecule has 1 aromatic heterocycles. The van der Waals surface area contributed by atoms with E-state index in [2.05, 4.69) is 20.8 Å². The van der Waals surface area contributed by atoms with E-state index in [1.807, 2.05) is 31.2 Å². The highest BCUT2D eigenvalue weighted by atomic mass is 16.5. The van der Waals surface area contributed by atoms with Crippen molar-refractivity contribution in [1.29, 1.82) is 0 Å². The molecule has 0 bridgehead atoms. The van der Waals surface area contributed by atoms with Crippen LogP contribution in [0.4, 0.5) is 5.82 Å². The van der Waals surface area contributed by atoms with Crippen molar-refractivity contribution in [2.75, 3.05) is 19.0 Å². The first-order chi connectivity index (χ1) is 10.2. The SMILES string of the molecule is CCNC(=O)c1ccc(NCc2cccc(OC)c2)nn1. The van der Waals surface area contributed by atoms with Crippen molar-refractivity contribution in [3.05, 3.63) is 47.7 Å². The summed E-state index contributed by atoms with van der Waals surface area (Å²) < 4.78 is 5.17. The third-order valence-corrected chi connectivity index (χ3v) is 2.84. The summed E-state index contributed by atoms with van der Waals surface area (Å²) in [4.78, 5) is 11.6. The van der Waals surface area contributed by atoms with Crippen molar-refractivity contribution >= 4 is 11.7 Å². The molecule has 0 aliphatic heterocycles. The topological polar surface area (TPSA) is 76.1 Å². The lowest BCUT2D eigenvalue weighted by Crippen LogP contribution is -2.24. The minimum atomic E-state index is -0.218. The lowest BCUT2D eigenvalue weighted by molar-refractivity contribution is 0.0950. The minimum Gasteiger partial charge on any atom is -0.497 e. The summed E-state index contributed by atoms with van der Waals surface area (Å²) in [5, 5.41) is 13.7. The van der Waals surface area contributed by atoms with Crippen molar-refractivity contribution in [3.8, 4) is 5.75 Å². The molecule has 6 nitrogen and oxygen atoms in total. The van der Waals surface area contributed by atoms with Crippen molar-refractivity contribution in [1.82, 2.24) is 15.5 Å². The van der Waals surface area contributed by atoms with E-state index in [0.29, 0.717) is 24.6 Å². The Balaban J connectivity index is 1.95. The Hall–Kier alpha value is -2.63. The van der Waals surface area contributed by atoms with Crippen LogP contribution in [0, 0.1) is 0 Å². The number of aromatic nitrogens is 2. The number of methoxy groups -OCH3 is 1. The smallest absolute Gasteiger partial charge is 0.271 e. The quantitative estimate of drug-likeness (QED) is 0.847. The Morgan fingerprint density at radius 3 is 2.76 bits per heavy atom. The van der Waals surface area contributed by atoms with Gasteiger partial charge in [0.2, 0.25) is 0 Å². The van der Waals surface area contributed by atoms with Gasteiger partial charge in [0.05, 0.1) is 7.11 Å². The number of rotatable bonds is 6. The summed E-state index contributed by atoms with van der Waals surface area (Å²) in [7, 11) is 1.64. The second kappa shape index (κ2) is 7.23. The fraction of sp³-hybridized carbons (Fsp3) is 0.267. The zero-order chi connectivity index (χ0) is 15.1. The van der Waals surface area contributed by atoms with E-state index < -0.39 is 0 Å². The van der Waals surface area contributed by atoms with E-state index in [1.165, 1.54) is 0 Å². The van der Waals surface area contributed by atoms with Gasteiger partial charge in [-0.15, -0.1) is 10.2 Å². The summed E-state index contributed by atoms with van der Waals surface area (Å²) in [6, 6.07) is 11.1. The molecule has 0 aliphatic rings. The van der Waals surface area contributed by atoms with Crippen LogP contribution in [0.25, 0.3) is 0 Å². The Bertz CT molecular complexity index is 599. The summed E-state index contributed by atoms with van der Waals surface area (Å²) in [5.41, 5.74) is 1.38. The highest BCUT2D eigenvalue weighted by molar-refractivity contribution is 5.92. The van der Waals surface area contributed by atoms with E-state index in [0.717, 1.165) is 11.3 Å². The minimum absolute atomic E-state index is 0.218. The Kier molecular flexibility index (Phi) is 5.09. The van der Waals surface area contributed by atoms with Crippen LogP contribution >= 0.6 is 0 Å². The molecule has 2 aromatic rings. The lowest BCUT2D eigenvalue weighted by atomic mass is 10.2. The molecule has 1 aromatic carbocycles.